The van der Waals surface area contributed by atoms with Gasteiger partial charge in [0.05, 0.1) is 17.3 Å². The summed E-state index contributed by atoms with van der Waals surface area (Å²) < 4.78 is 31.4. The Morgan fingerprint density at radius 1 is 1.00 bits per heavy atom. The number of amides is 1. The molecule has 1 aliphatic rings. The molecule has 144 valence electrons. The van der Waals surface area contributed by atoms with Gasteiger partial charge >= 0.3 is 0 Å². The first-order valence-corrected chi connectivity index (χ1v) is 9.19. The second-order valence-electron chi connectivity index (χ2n) is 6.20. The summed E-state index contributed by atoms with van der Waals surface area (Å²) in [4.78, 5) is 16.1. The average molecular weight is 415 g/mol. The Labute approximate surface area is 166 Å². The van der Waals surface area contributed by atoms with E-state index in [2.05, 4.69) is 4.90 Å². The van der Waals surface area contributed by atoms with E-state index in [4.69, 9.17) is 27.9 Å². The lowest BCUT2D eigenvalue weighted by molar-refractivity contribution is -0.136. The highest BCUT2D eigenvalue weighted by Gasteiger charge is 2.22. The molecule has 0 radical (unpaired) electrons. The topological polar surface area (TPSA) is 32.8 Å². The first kappa shape index (κ1) is 19.9. The minimum absolute atomic E-state index is 0.0449. The lowest BCUT2D eigenvalue weighted by atomic mass is 10.2. The largest absolute Gasteiger partial charge is 0.367 e. The zero-order chi connectivity index (χ0) is 19.4. The lowest BCUT2D eigenvalue weighted by Gasteiger charge is -2.36. The SMILES string of the molecule is O=C(COCc1ccc(F)c(F)c1)N1CCN(c2ccc(Cl)cc2Cl)CC1. The molecule has 2 aromatic rings. The number of rotatable bonds is 5. The van der Waals surface area contributed by atoms with E-state index in [1.807, 2.05) is 6.07 Å². The zero-order valence-corrected chi connectivity index (χ0v) is 15.9. The number of ether oxygens (including phenoxy) is 1. The summed E-state index contributed by atoms with van der Waals surface area (Å²) in [7, 11) is 0. The summed E-state index contributed by atoms with van der Waals surface area (Å²) in [5, 5.41) is 1.16. The molecule has 0 atom stereocenters. The van der Waals surface area contributed by atoms with Crippen LogP contribution in [0.3, 0.4) is 0 Å². The summed E-state index contributed by atoms with van der Waals surface area (Å²) in [5.74, 6) is -1.98. The van der Waals surface area contributed by atoms with Crippen molar-refractivity contribution in [2.24, 2.45) is 0 Å². The molecule has 0 aromatic heterocycles. The van der Waals surface area contributed by atoms with Crippen LogP contribution in [-0.4, -0.2) is 43.6 Å². The molecule has 1 amide bonds. The van der Waals surface area contributed by atoms with Crippen LogP contribution in [0, 0.1) is 11.6 Å². The zero-order valence-electron chi connectivity index (χ0n) is 14.4. The number of carbonyl (C=O) groups excluding carboxylic acids is 1. The molecular weight excluding hydrogens is 397 g/mol. The molecule has 4 nitrogen and oxygen atoms in total. The Kier molecular flexibility index (Phi) is 6.52. The summed E-state index contributed by atoms with van der Waals surface area (Å²) in [5.41, 5.74) is 1.37. The van der Waals surface area contributed by atoms with Crippen LogP contribution in [0.25, 0.3) is 0 Å². The van der Waals surface area contributed by atoms with Gasteiger partial charge in [0, 0.05) is 31.2 Å². The third-order valence-electron chi connectivity index (χ3n) is 4.36. The number of halogens is 4. The van der Waals surface area contributed by atoms with Crippen LogP contribution in [0.4, 0.5) is 14.5 Å². The standard InChI is InChI=1S/C19H18Cl2F2N2O2/c20-14-2-4-18(15(21)10-14)24-5-7-25(8-6-24)19(26)12-27-11-13-1-3-16(22)17(23)9-13/h1-4,9-10H,5-8,11-12H2. The van der Waals surface area contributed by atoms with Gasteiger partial charge in [-0.05, 0) is 35.9 Å². The Balaban J connectivity index is 1.46. The van der Waals surface area contributed by atoms with Crippen LogP contribution >= 0.6 is 23.2 Å². The quantitative estimate of drug-likeness (QED) is 0.736. The van der Waals surface area contributed by atoms with E-state index in [1.54, 1.807) is 17.0 Å². The van der Waals surface area contributed by atoms with Crippen LogP contribution in [0.2, 0.25) is 10.0 Å². The van der Waals surface area contributed by atoms with Gasteiger partial charge in [-0.1, -0.05) is 29.3 Å². The fraction of sp³-hybridized carbons (Fsp3) is 0.316. The Morgan fingerprint density at radius 3 is 2.41 bits per heavy atom. The van der Waals surface area contributed by atoms with E-state index in [-0.39, 0.29) is 19.1 Å². The van der Waals surface area contributed by atoms with Crippen molar-refractivity contribution in [3.05, 3.63) is 63.6 Å². The van der Waals surface area contributed by atoms with E-state index >= 15 is 0 Å². The highest BCUT2D eigenvalue weighted by atomic mass is 35.5. The fourth-order valence-corrected chi connectivity index (χ4v) is 3.44. The number of hydrogen-bond acceptors (Lipinski definition) is 3. The van der Waals surface area contributed by atoms with E-state index in [0.29, 0.717) is 41.8 Å². The van der Waals surface area contributed by atoms with Crippen LogP contribution in [-0.2, 0) is 16.1 Å². The van der Waals surface area contributed by atoms with Crippen molar-refractivity contribution in [1.29, 1.82) is 0 Å². The average Bonchev–Trinajstić information content (AvgIpc) is 2.65. The summed E-state index contributed by atoms with van der Waals surface area (Å²) >= 11 is 12.2. The molecule has 0 spiro atoms. The molecule has 1 saturated heterocycles. The molecule has 0 bridgehead atoms. The van der Waals surface area contributed by atoms with Gasteiger partial charge < -0.3 is 14.5 Å². The monoisotopic (exact) mass is 414 g/mol. The molecular formula is C19H18Cl2F2N2O2. The maximum atomic E-state index is 13.2. The van der Waals surface area contributed by atoms with Crippen LogP contribution in [0.15, 0.2) is 36.4 Å². The predicted molar refractivity (Wildman–Crippen MR) is 101 cm³/mol. The molecule has 1 fully saturated rings. The number of piperazine rings is 1. The lowest BCUT2D eigenvalue weighted by Crippen LogP contribution is -2.49. The van der Waals surface area contributed by atoms with Crippen LogP contribution < -0.4 is 4.90 Å². The number of carbonyl (C=O) groups is 1. The first-order chi connectivity index (χ1) is 12.9. The van der Waals surface area contributed by atoms with Gasteiger partial charge in [-0.15, -0.1) is 0 Å². The van der Waals surface area contributed by atoms with Crippen LogP contribution in [0.1, 0.15) is 5.56 Å². The second kappa shape index (κ2) is 8.87. The maximum Gasteiger partial charge on any atom is 0.248 e. The molecule has 1 aliphatic heterocycles. The van der Waals surface area contributed by atoms with E-state index < -0.39 is 11.6 Å². The number of hydrogen-bond donors (Lipinski definition) is 0. The van der Waals surface area contributed by atoms with Gasteiger partial charge in [0.1, 0.15) is 6.61 Å². The highest BCUT2D eigenvalue weighted by Crippen LogP contribution is 2.29. The van der Waals surface area contributed by atoms with Gasteiger partial charge in [0.15, 0.2) is 11.6 Å². The Hall–Kier alpha value is -1.89. The number of anilines is 1. The van der Waals surface area contributed by atoms with Crippen LogP contribution in [0.5, 0.6) is 0 Å². The smallest absolute Gasteiger partial charge is 0.248 e. The van der Waals surface area contributed by atoms with E-state index in [0.717, 1.165) is 17.8 Å². The van der Waals surface area contributed by atoms with Gasteiger partial charge in [0.2, 0.25) is 5.91 Å². The minimum Gasteiger partial charge on any atom is -0.367 e. The predicted octanol–water partition coefficient (Wildman–Crippen LogP) is 4.14. The fourth-order valence-electron chi connectivity index (χ4n) is 2.91. The molecule has 0 N–H and O–H groups in total. The van der Waals surface area contributed by atoms with Gasteiger partial charge in [-0.2, -0.15) is 0 Å². The Morgan fingerprint density at radius 2 is 1.74 bits per heavy atom. The summed E-state index contributed by atoms with van der Waals surface area (Å²) in [6, 6.07) is 8.88. The Bertz CT molecular complexity index is 827. The van der Waals surface area contributed by atoms with Crippen molar-refractivity contribution < 1.29 is 18.3 Å². The number of benzene rings is 2. The normalized spacial score (nSPS) is 14.5. The van der Waals surface area contributed by atoms with Crippen molar-refractivity contribution in [2.45, 2.75) is 6.61 Å². The molecule has 0 saturated carbocycles. The number of nitrogens with zero attached hydrogens (tertiary/aromatic N) is 2. The van der Waals surface area contributed by atoms with Crippen molar-refractivity contribution in [3.63, 3.8) is 0 Å². The minimum atomic E-state index is -0.931. The molecule has 8 heteroatoms. The molecule has 27 heavy (non-hydrogen) atoms. The van der Waals surface area contributed by atoms with Crippen molar-refractivity contribution in [3.8, 4) is 0 Å². The van der Waals surface area contributed by atoms with Gasteiger partial charge in [0.25, 0.3) is 0 Å². The van der Waals surface area contributed by atoms with Crippen molar-refractivity contribution >= 4 is 34.8 Å². The van der Waals surface area contributed by atoms with Crippen molar-refractivity contribution in [1.82, 2.24) is 4.90 Å². The highest BCUT2D eigenvalue weighted by molar-refractivity contribution is 6.36. The third-order valence-corrected chi connectivity index (χ3v) is 4.90. The van der Waals surface area contributed by atoms with Gasteiger partial charge in [-0.25, -0.2) is 8.78 Å². The third kappa shape index (κ3) is 5.09. The first-order valence-electron chi connectivity index (χ1n) is 8.43. The van der Waals surface area contributed by atoms with Gasteiger partial charge in [-0.3, -0.25) is 4.79 Å². The molecule has 0 aliphatic carbocycles. The summed E-state index contributed by atoms with van der Waals surface area (Å²) in [6.45, 7) is 2.33. The molecule has 1 heterocycles. The molecule has 0 unspecified atom stereocenters. The van der Waals surface area contributed by atoms with Crippen molar-refractivity contribution in [2.75, 3.05) is 37.7 Å². The maximum absolute atomic E-state index is 13.2. The van der Waals surface area contributed by atoms with E-state index in [1.165, 1.54) is 6.07 Å². The summed E-state index contributed by atoms with van der Waals surface area (Å²) in [6.07, 6.45) is 0. The second-order valence-corrected chi connectivity index (χ2v) is 7.05. The molecule has 2 aromatic carbocycles. The molecule has 3 rings (SSSR count). The van der Waals surface area contributed by atoms with E-state index in [9.17, 15) is 13.6 Å².